The second-order valence-corrected chi connectivity index (χ2v) is 7.06. The van der Waals surface area contributed by atoms with Gasteiger partial charge >= 0.3 is 0 Å². The number of anilines is 1. The van der Waals surface area contributed by atoms with Crippen molar-refractivity contribution in [3.05, 3.63) is 63.1 Å². The maximum atomic E-state index is 13.1. The molecule has 0 aromatic heterocycles. The van der Waals surface area contributed by atoms with Crippen LogP contribution in [0.15, 0.2) is 42.5 Å². The second-order valence-electron chi connectivity index (χ2n) is 5.83. The number of hydrogen-bond donors (Lipinski definition) is 0. The molecule has 1 aliphatic carbocycles. The van der Waals surface area contributed by atoms with Gasteiger partial charge in [-0.05, 0) is 49.9 Å². The first-order valence-electron chi connectivity index (χ1n) is 7.52. The molecule has 2 aromatic carbocycles. The van der Waals surface area contributed by atoms with Crippen LogP contribution in [-0.2, 0) is 0 Å². The maximum Gasteiger partial charge on any atom is 0.260 e. The summed E-state index contributed by atoms with van der Waals surface area (Å²) in [5, 5.41) is 0.981. The van der Waals surface area contributed by atoms with Gasteiger partial charge < -0.3 is 4.90 Å². The minimum Gasteiger partial charge on any atom is -0.305 e. The summed E-state index contributed by atoms with van der Waals surface area (Å²) in [6.07, 6.45) is 2.29. The zero-order valence-electron chi connectivity index (χ0n) is 12.6. The normalized spacial score (nSPS) is 15.3. The van der Waals surface area contributed by atoms with Gasteiger partial charge in [-0.3, -0.25) is 4.79 Å². The van der Waals surface area contributed by atoms with Gasteiger partial charge in [0.05, 0.1) is 20.6 Å². The van der Waals surface area contributed by atoms with Gasteiger partial charge in [-0.15, -0.1) is 0 Å². The lowest BCUT2D eigenvalue weighted by Crippen LogP contribution is -2.40. The fraction of sp³-hybridized carbons (Fsp3) is 0.278. The van der Waals surface area contributed by atoms with Crippen molar-refractivity contribution in [3.8, 4) is 0 Å². The van der Waals surface area contributed by atoms with Crippen LogP contribution in [0.3, 0.4) is 0 Å². The summed E-state index contributed by atoms with van der Waals surface area (Å²) in [6.45, 7) is 2.08. The van der Waals surface area contributed by atoms with Crippen LogP contribution in [0.2, 0.25) is 15.1 Å². The lowest BCUT2D eigenvalue weighted by atomic mass is 10.1. The number of carbonyl (C=O) groups is 1. The Morgan fingerprint density at radius 2 is 1.65 bits per heavy atom. The van der Waals surface area contributed by atoms with E-state index in [-0.39, 0.29) is 11.9 Å². The molecule has 0 heterocycles. The van der Waals surface area contributed by atoms with Crippen molar-refractivity contribution in [2.45, 2.75) is 25.8 Å². The summed E-state index contributed by atoms with van der Waals surface area (Å²) >= 11 is 18.3. The van der Waals surface area contributed by atoms with Crippen molar-refractivity contribution in [1.29, 1.82) is 0 Å². The van der Waals surface area contributed by atoms with Gasteiger partial charge in [-0.2, -0.15) is 0 Å². The average Bonchev–Trinajstić information content (AvgIpc) is 3.37. The number of hydrogen-bond acceptors (Lipinski definition) is 1. The van der Waals surface area contributed by atoms with Gasteiger partial charge in [0.2, 0.25) is 0 Å². The summed E-state index contributed by atoms with van der Waals surface area (Å²) in [6, 6.07) is 12.8. The Bertz CT molecular complexity index is 729. The van der Waals surface area contributed by atoms with Crippen LogP contribution in [0.5, 0.6) is 0 Å². The van der Waals surface area contributed by atoms with E-state index in [9.17, 15) is 4.79 Å². The van der Waals surface area contributed by atoms with Crippen molar-refractivity contribution in [2.24, 2.45) is 5.92 Å². The van der Waals surface area contributed by atoms with Gasteiger partial charge in [-0.1, -0.05) is 53.0 Å². The Morgan fingerprint density at radius 3 is 2.26 bits per heavy atom. The van der Waals surface area contributed by atoms with Gasteiger partial charge in [0.15, 0.2) is 0 Å². The highest BCUT2D eigenvalue weighted by molar-refractivity contribution is 6.44. The van der Waals surface area contributed by atoms with Crippen LogP contribution in [-0.4, -0.2) is 11.9 Å². The Kier molecular flexibility index (Phi) is 4.86. The molecule has 0 saturated heterocycles. The van der Waals surface area contributed by atoms with E-state index in [1.165, 1.54) is 6.07 Å². The SMILES string of the molecule is C[C@H](C1CC1)N(C(=O)c1cc(Cl)c(Cl)cc1Cl)c1ccccc1. The quantitative estimate of drug-likeness (QED) is 0.598. The van der Waals surface area contributed by atoms with Crippen LogP contribution in [0, 0.1) is 5.92 Å². The number of amides is 1. The fourth-order valence-corrected chi connectivity index (χ4v) is 3.36. The number of benzene rings is 2. The highest BCUT2D eigenvalue weighted by Gasteiger charge is 2.36. The van der Waals surface area contributed by atoms with Crippen LogP contribution >= 0.6 is 34.8 Å². The third-order valence-electron chi connectivity index (χ3n) is 4.21. The zero-order chi connectivity index (χ0) is 16.6. The molecule has 0 bridgehead atoms. The van der Waals surface area contributed by atoms with Gasteiger partial charge in [0.25, 0.3) is 5.91 Å². The monoisotopic (exact) mass is 367 g/mol. The zero-order valence-corrected chi connectivity index (χ0v) is 14.9. The van der Waals surface area contributed by atoms with Crippen LogP contribution < -0.4 is 4.90 Å². The maximum absolute atomic E-state index is 13.1. The van der Waals surface area contributed by atoms with Gasteiger partial charge in [0, 0.05) is 11.7 Å². The smallest absolute Gasteiger partial charge is 0.260 e. The summed E-state index contributed by atoms with van der Waals surface area (Å²) in [5.74, 6) is 0.375. The van der Waals surface area contributed by atoms with E-state index in [1.807, 2.05) is 35.2 Å². The molecule has 0 N–H and O–H groups in total. The molecule has 1 aliphatic rings. The molecule has 2 aromatic rings. The first kappa shape index (κ1) is 16.6. The van der Waals surface area contributed by atoms with E-state index in [1.54, 1.807) is 6.07 Å². The predicted octanol–water partition coefficient (Wildman–Crippen LogP) is 6.09. The molecule has 0 aliphatic heterocycles. The third-order valence-corrected chi connectivity index (χ3v) is 5.24. The first-order valence-corrected chi connectivity index (χ1v) is 8.65. The summed E-state index contributed by atoms with van der Waals surface area (Å²) in [4.78, 5) is 15.0. The standard InChI is InChI=1S/C18H16Cl3NO/c1-11(12-7-8-12)22(13-5-3-2-4-6-13)18(23)14-9-16(20)17(21)10-15(14)19/h2-6,9-12H,7-8H2,1H3/t11-/m1/s1. The molecule has 120 valence electrons. The third kappa shape index (κ3) is 3.50. The fourth-order valence-electron chi connectivity index (χ4n) is 2.73. The molecule has 1 atom stereocenters. The summed E-state index contributed by atoms with van der Waals surface area (Å²) in [5.41, 5.74) is 1.23. The predicted molar refractivity (Wildman–Crippen MR) is 96.9 cm³/mol. The van der Waals surface area contributed by atoms with Crippen molar-refractivity contribution < 1.29 is 4.79 Å². The van der Waals surface area contributed by atoms with E-state index in [2.05, 4.69) is 6.92 Å². The molecular formula is C18H16Cl3NO. The highest BCUT2D eigenvalue weighted by atomic mass is 35.5. The largest absolute Gasteiger partial charge is 0.305 e. The van der Waals surface area contributed by atoms with Crippen LogP contribution in [0.25, 0.3) is 0 Å². The van der Waals surface area contributed by atoms with E-state index in [0.29, 0.717) is 26.5 Å². The van der Waals surface area contributed by atoms with E-state index >= 15 is 0 Å². The van der Waals surface area contributed by atoms with Gasteiger partial charge in [0.1, 0.15) is 0 Å². The Balaban J connectivity index is 2.03. The van der Waals surface area contributed by atoms with Crippen LogP contribution in [0.1, 0.15) is 30.1 Å². The number of rotatable bonds is 4. The molecule has 1 amide bonds. The Morgan fingerprint density at radius 1 is 1.04 bits per heavy atom. The molecule has 3 rings (SSSR count). The van der Waals surface area contributed by atoms with Gasteiger partial charge in [-0.25, -0.2) is 0 Å². The van der Waals surface area contributed by atoms with Crippen molar-refractivity contribution >= 4 is 46.4 Å². The molecular weight excluding hydrogens is 353 g/mol. The van der Waals surface area contributed by atoms with Crippen LogP contribution in [0.4, 0.5) is 5.69 Å². The molecule has 0 spiro atoms. The average molecular weight is 369 g/mol. The lowest BCUT2D eigenvalue weighted by Gasteiger charge is -2.30. The van der Waals surface area contributed by atoms with E-state index in [0.717, 1.165) is 18.5 Å². The molecule has 1 fully saturated rings. The molecule has 0 unspecified atom stereocenters. The highest BCUT2D eigenvalue weighted by Crippen LogP contribution is 2.38. The molecule has 2 nitrogen and oxygen atoms in total. The molecule has 1 saturated carbocycles. The second kappa shape index (κ2) is 6.72. The van der Waals surface area contributed by atoms with Crippen molar-refractivity contribution in [2.75, 3.05) is 4.90 Å². The van der Waals surface area contributed by atoms with Crippen molar-refractivity contribution in [3.63, 3.8) is 0 Å². The topological polar surface area (TPSA) is 20.3 Å². The number of para-hydroxylation sites is 1. The summed E-state index contributed by atoms with van der Waals surface area (Å²) < 4.78 is 0. The number of halogens is 3. The lowest BCUT2D eigenvalue weighted by molar-refractivity contribution is 0.0976. The number of carbonyl (C=O) groups excluding carboxylic acids is 1. The molecule has 0 radical (unpaired) electrons. The molecule has 23 heavy (non-hydrogen) atoms. The number of nitrogens with zero attached hydrogens (tertiary/aromatic N) is 1. The summed E-state index contributed by atoms with van der Waals surface area (Å²) in [7, 11) is 0. The Labute approximate surface area is 151 Å². The van der Waals surface area contributed by atoms with Crippen molar-refractivity contribution in [1.82, 2.24) is 0 Å². The first-order chi connectivity index (χ1) is 11.0. The Hall–Kier alpha value is -1.22. The van der Waals surface area contributed by atoms with E-state index < -0.39 is 0 Å². The molecule has 5 heteroatoms. The minimum absolute atomic E-state index is 0.107. The van der Waals surface area contributed by atoms with E-state index in [4.69, 9.17) is 34.8 Å². The minimum atomic E-state index is -0.154.